The number of carbonyl (C=O) groups is 2. The summed E-state index contributed by atoms with van der Waals surface area (Å²) in [6, 6.07) is 3.86. The van der Waals surface area contributed by atoms with Crippen molar-refractivity contribution in [2.45, 2.75) is 27.2 Å². The predicted molar refractivity (Wildman–Crippen MR) is 90.4 cm³/mol. The fraction of sp³-hybridized carbons (Fsp3) is 0.444. The molecule has 0 bridgehead atoms. The van der Waals surface area contributed by atoms with Gasteiger partial charge in [-0.05, 0) is 55.7 Å². The highest BCUT2D eigenvalue weighted by Gasteiger charge is 2.09. The van der Waals surface area contributed by atoms with E-state index in [0.717, 1.165) is 22.4 Å². The molecule has 0 aliphatic carbocycles. The fourth-order valence-electron chi connectivity index (χ4n) is 2.20. The van der Waals surface area contributed by atoms with Gasteiger partial charge in [-0.25, -0.2) is 0 Å². The summed E-state index contributed by atoms with van der Waals surface area (Å²) in [5.74, 6) is 0.358. The monoisotopic (exact) mass is 319 g/mol. The van der Waals surface area contributed by atoms with Crippen LogP contribution >= 0.6 is 0 Å². The molecule has 0 N–H and O–H groups in total. The molecule has 23 heavy (non-hydrogen) atoms. The molecule has 0 saturated heterocycles. The zero-order valence-corrected chi connectivity index (χ0v) is 14.5. The summed E-state index contributed by atoms with van der Waals surface area (Å²) in [7, 11) is 3.30. The number of nitrogens with zero attached hydrogens (tertiary/aromatic N) is 1. The van der Waals surface area contributed by atoms with Gasteiger partial charge in [-0.15, -0.1) is 0 Å². The number of amides is 1. The van der Waals surface area contributed by atoms with E-state index in [1.807, 2.05) is 26.0 Å². The molecule has 1 amide bonds. The second kappa shape index (κ2) is 8.98. The molecular weight excluding hydrogens is 294 g/mol. The molecule has 0 aliphatic rings. The quantitative estimate of drug-likeness (QED) is 0.573. The Kier molecular flexibility index (Phi) is 7.32. The van der Waals surface area contributed by atoms with Crippen LogP contribution in [0.25, 0.3) is 6.08 Å². The van der Waals surface area contributed by atoms with Crippen molar-refractivity contribution < 1.29 is 19.1 Å². The fourth-order valence-corrected chi connectivity index (χ4v) is 2.20. The molecule has 0 radical (unpaired) electrons. The second-order valence-electron chi connectivity index (χ2n) is 5.32. The smallest absolute Gasteiger partial charge is 0.307 e. The van der Waals surface area contributed by atoms with Crippen molar-refractivity contribution in [3.8, 4) is 5.75 Å². The number of ether oxygens (including phenoxy) is 2. The van der Waals surface area contributed by atoms with Crippen LogP contribution in [-0.4, -0.2) is 44.1 Å². The number of benzene rings is 1. The minimum absolute atomic E-state index is 0.149. The molecule has 1 aromatic rings. The van der Waals surface area contributed by atoms with Gasteiger partial charge in [0.2, 0.25) is 5.91 Å². The van der Waals surface area contributed by atoms with Crippen LogP contribution in [0, 0.1) is 13.8 Å². The Morgan fingerprint density at radius 3 is 2.35 bits per heavy atom. The number of aryl methyl sites for hydroxylation is 2. The molecule has 0 aliphatic heterocycles. The molecule has 0 atom stereocenters. The third-order valence-electron chi connectivity index (χ3n) is 3.53. The average molecular weight is 319 g/mol. The number of esters is 1. The van der Waals surface area contributed by atoms with Crippen LogP contribution in [-0.2, 0) is 14.3 Å². The van der Waals surface area contributed by atoms with Crippen LogP contribution in [0.4, 0.5) is 0 Å². The first-order chi connectivity index (χ1) is 10.9. The van der Waals surface area contributed by atoms with Gasteiger partial charge in [-0.2, -0.15) is 0 Å². The van der Waals surface area contributed by atoms with Gasteiger partial charge in [0, 0.05) is 19.7 Å². The molecule has 0 spiro atoms. The van der Waals surface area contributed by atoms with E-state index in [4.69, 9.17) is 9.47 Å². The van der Waals surface area contributed by atoms with Crippen molar-refractivity contribution in [2.24, 2.45) is 0 Å². The Labute approximate surface area is 137 Å². The Hall–Kier alpha value is -2.30. The highest BCUT2D eigenvalue weighted by molar-refractivity contribution is 5.92. The van der Waals surface area contributed by atoms with E-state index in [-0.39, 0.29) is 18.3 Å². The molecule has 1 rings (SSSR count). The van der Waals surface area contributed by atoms with E-state index in [0.29, 0.717) is 13.2 Å². The molecule has 0 aromatic heterocycles. The van der Waals surface area contributed by atoms with Crippen molar-refractivity contribution >= 4 is 18.0 Å². The van der Waals surface area contributed by atoms with E-state index >= 15 is 0 Å². The standard InChI is InChI=1S/C18H25NO4/c1-6-23-18(21)9-10-19(4)17(20)8-7-16-13(2)11-15(22-5)12-14(16)3/h7-8,11-12H,6,9-10H2,1-5H3/b8-7+. The number of likely N-dealkylation sites (N-methyl/N-ethyl adjacent to an activating group) is 1. The predicted octanol–water partition coefficient (Wildman–Crippen LogP) is 2.74. The maximum Gasteiger partial charge on any atom is 0.307 e. The van der Waals surface area contributed by atoms with Crippen LogP contribution in [0.5, 0.6) is 5.75 Å². The van der Waals surface area contributed by atoms with Crippen molar-refractivity contribution in [2.75, 3.05) is 27.3 Å². The van der Waals surface area contributed by atoms with Crippen molar-refractivity contribution in [1.82, 2.24) is 4.90 Å². The first-order valence-corrected chi connectivity index (χ1v) is 7.63. The van der Waals surface area contributed by atoms with Gasteiger partial charge in [-0.1, -0.05) is 0 Å². The van der Waals surface area contributed by atoms with E-state index in [1.54, 1.807) is 27.2 Å². The number of hydrogen-bond donors (Lipinski definition) is 0. The SMILES string of the molecule is CCOC(=O)CCN(C)C(=O)/C=C/c1c(C)cc(OC)cc1C. The summed E-state index contributed by atoms with van der Waals surface area (Å²) >= 11 is 0. The lowest BCUT2D eigenvalue weighted by Gasteiger charge is -2.14. The lowest BCUT2D eigenvalue weighted by molar-refractivity contribution is -0.143. The first kappa shape index (κ1) is 18.7. The zero-order chi connectivity index (χ0) is 17.4. The van der Waals surface area contributed by atoms with E-state index < -0.39 is 0 Å². The molecule has 0 saturated carbocycles. The zero-order valence-electron chi connectivity index (χ0n) is 14.5. The van der Waals surface area contributed by atoms with Gasteiger partial charge in [0.15, 0.2) is 0 Å². The third-order valence-corrected chi connectivity index (χ3v) is 3.53. The van der Waals surface area contributed by atoms with Crippen LogP contribution < -0.4 is 4.74 Å². The van der Waals surface area contributed by atoms with E-state index in [1.165, 1.54) is 11.0 Å². The Morgan fingerprint density at radius 2 is 1.83 bits per heavy atom. The molecule has 0 heterocycles. The van der Waals surface area contributed by atoms with E-state index in [9.17, 15) is 9.59 Å². The minimum Gasteiger partial charge on any atom is -0.497 e. The number of hydrogen-bond acceptors (Lipinski definition) is 4. The molecule has 0 fully saturated rings. The summed E-state index contributed by atoms with van der Waals surface area (Å²) in [5, 5.41) is 0. The summed E-state index contributed by atoms with van der Waals surface area (Å²) in [4.78, 5) is 24.9. The van der Waals surface area contributed by atoms with E-state index in [2.05, 4.69) is 0 Å². The number of rotatable bonds is 7. The van der Waals surface area contributed by atoms with Gasteiger partial charge in [0.1, 0.15) is 5.75 Å². The summed E-state index contributed by atoms with van der Waals surface area (Å²) < 4.78 is 10.1. The van der Waals surface area contributed by atoms with Gasteiger partial charge in [0.05, 0.1) is 20.1 Å². The van der Waals surface area contributed by atoms with Gasteiger partial charge < -0.3 is 14.4 Å². The summed E-state index contributed by atoms with van der Waals surface area (Å²) in [6.07, 6.45) is 3.52. The first-order valence-electron chi connectivity index (χ1n) is 7.63. The van der Waals surface area contributed by atoms with Crippen LogP contribution in [0.2, 0.25) is 0 Å². The van der Waals surface area contributed by atoms with Crippen molar-refractivity contribution in [1.29, 1.82) is 0 Å². The van der Waals surface area contributed by atoms with Crippen LogP contribution in [0.3, 0.4) is 0 Å². The molecule has 5 nitrogen and oxygen atoms in total. The van der Waals surface area contributed by atoms with Gasteiger partial charge >= 0.3 is 5.97 Å². The Morgan fingerprint density at radius 1 is 1.22 bits per heavy atom. The van der Waals surface area contributed by atoms with Crippen molar-refractivity contribution in [3.05, 3.63) is 34.9 Å². The lowest BCUT2D eigenvalue weighted by Crippen LogP contribution is -2.27. The van der Waals surface area contributed by atoms with Gasteiger partial charge in [0.25, 0.3) is 0 Å². The summed E-state index contributed by atoms with van der Waals surface area (Å²) in [6.45, 7) is 6.40. The molecular formula is C18H25NO4. The third kappa shape index (κ3) is 5.77. The topological polar surface area (TPSA) is 55.8 Å². The molecule has 126 valence electrons. The minimum atomic E-state index is -0.294. The number of carbonyl (C=O) groups excluding carboxylic acids is 2. The Balaban J connectivity index is 2.70. The van der Waals surface area contributed by atoms with Crippen molar-refractivity contribution in [3.63, 3.8) is 0 Å². The second-order valence-corrected chi connectivity index (χ2v) is 5.32. The van der Waals surface area contributed by atoms with Crippen LogP contribution in [0.1, 0.15) is 30.0 Å². The number of methoxy groups -OCH3 is 1. The average Bonchev–Trinajstić information content (AvgIpc) is 2.51. The maximum atomic E-state index is 12.1. The van der Waals surface area contributed by atoms with Gasteiger partial charge in [-0.3, -0.25) is 9.59 Å². The highest BCUT2D eigenvalue weighted by atomic mass is 16.5. The van der Waals surface area contributed by atoms with Crippen LogP contribution in [0.15, 0.2) is 18.2 Å². The molecule has 1 aromatic carbocycles. The highest BCUT2D eigenvalue weighted by Crippen LogP contribution is 2.22. The largest absolute Gasteiger partial charge is 0.497 e. The molecule has 0 unspecified atom stereocenters. The lowest BCUT2D eigenvalue weighted by atomic mass is 10.0. The summed E-state index contributed by atoms with van der Waals surface area (Å²) in [5.41, 5.74) is 3.08. The molecule has 5 heteroatoms. The Bertz CT molecular complexity index is 570. The maximum absolute atomic E-state index is 12.1. The normalized spacial score (nSPS) is 10.7.